The van der Waals surface area contributed by atoms with Crippen LogP contribution in [0.4, 0.5) is 5.69 Å². The Morgan fingerprint density at radius 1 is 1.21 bits per heavy atom. The molecule has 2 aromatic rings. The first kappa shape index (κ1) is 19.9. The van der Waals surface area contributed by atoms with Crippen molar-refractivity contribution in [1.29, 1.82) is 0 Å². The molecule has 0 aliphatic carbocycles. The fraction of sp³-hybridized carbons (Fsp3) is 0.300. The van der Waals surface area contributed by atoms with Gasteiger partial charge in [0.25, 0.3) is 0 Å². The second-order valence-corrected chi connectivity index (χ2v) is 9.02. The van der Waals surface area contributed by atoms with Gasteiger partial charge in [-0.15, -0.1) is 0 Å². The molecule has 1 fully saturated rings. The minimum Gasteiger partial charge on any atom is -0.506 e. The summed E-state index contributed by atoms with van der Waals surface area (Å²) in [5, 5.41) is 12.7. The number of hydrogen-bond acceptors (Lipinski definition) is 5. The lowest BCUT2D eigenvalue weighted by atomic mass is 9.93. The molecule has 0 aromatic heterocycles. The third-order valence-electron chi connectivity index (χ3n) is 5.03. The quantitative estimate of drug-likeness (QED) is 0.747. The second kappa shape index (κ2) is 7.63. The number of hydrogen-bond donors (Lipinski definition) is 2. The number of carbonyl (C=O) groups is 2. The van der Waals surface area contributed by atoms with E-state index >= 15 is 0 Å². The third-order valence-corrected chi connectivity index (χ3v) is 6.76. The number of nitrogens with zero attached hydrogens (tertiary/aromatic N) is 1. The summed E-state index contributed by atoms with van der Waals surface area (Å²) in [5.41, 5.74) is 0.843. The first-order chi connectivity index (χ1) is 13.2. The van der Waals surface area contributed by atoms with Crippen LogP contribution in [0.15, 0.2) is 53.4 Å². The summed E-state index contributed by atoms with van der Waals surface area (Å²) in [6, 6.07) is 12.6. The molecule has 1 heterocycles. The van der Waals surface area contributed by atoms with Crippen molar-refractivity contribution < 1.29 is 23.1 Å². The van der Waals surface area contributed by atoms with Crippen LogP contribution in [-0.2, 0) is 19.4 Å². The normalized spacial score (nSPS) is 19.6. The maximum Gasteiger partial charge on any atom is 0.230 e. The Hall–Kier alpha value is -2.87. The van der Waals surface area contributed by atoms with Gasteiger partial charge in [-0.1, -0.05) is 37.3 Å². The molecular formula is C20H22N2O5S. The molecule has 2 atom stereocenters. The molecule has 0 bridgehead atoms. The molecule has 3 rings (SSSR count). The number of aromatic hydroxyl groups is 1. The number of likely N-dealkylation sites (tertiary alicyclic amines) is 1. The van der Waals surface area contributed by atoms with E-state index in [9.17, 15) is 23.1 Å². The minimum atomic E-state index is -3.49. The van der Waals surface area contributed by atoms with Gasteiger partial charge in [0.2, 0.25) is 11.8 Å². The van der Waals surface area contributed by atoms with Gasteiger partial charge in [0.05, 0.1) is 28.3 Å². The summed E-state index contributed by atoms with van der Waals surface area (Å²) in [6.45, 7) is 1.52. The fourth-order valence-electron chi connectivity index (χ4n) is 3.41. The van der Waals surface area contributed by atoms with E-state index in [4.69, 9.17) is 0 Å². The van der Waals surface area contributed by atoms with Crippen molar-refractivity contribution in [3.05, 3.63) is 54.1 Å². The van der Waals surface area contributed by atoms with Gasteiger partial charge in [0.1, 0.15) is 5.75 Å². The monoisotopic (exact) mass is 402 g/mol. The molecule has 2 amide bonds. The number of anilines is 1. The van der Waals surface area contributed by atoms with Gasteiger partial charge in [-0.05, 0) is 23.8 Å². The van der Waals surface area contributed by atoms with Gasteiger partial charge in [-0.3, -0.25) is 9.59 Å². The molecule has 1 saturated heterocycles. The number of rotatable bonds is 5. The van der Waals surface area contributed by atoms with Gasteiger partial charge in [0, 0.05) is 13.5 Å². The largest absolute Gasteiger partial charge is 0.506 e. The van der Waals surface area contributed by atoms with E-state index in [-0.39, 0.29) is 34.4 Å². The van der Waals surface area contributed by atoms with Gasteiger partial charge in [-0.25, -0.2) is 8.42 Å². The molecular weight excluding hydrogens is 380 g/mol. The lowest BCUT2D eigenvalue weighted by Gasteiger charge is -2.25. The Bertz CT molecular complexity index is 1000. The number of nitrogens with one attached hydrogen (secondary N) is 1. The topological polar surface area (TPSA) is 104 Å². The zero-order valence-electron chi connectivity index (χ0n) is 15.6. The lowest BCUT2D eigenvalue weighted by Crippen LogP contribution is -2.30. The van der Waals surface area contributed by atoms with Crippen molar-refractivity contribution in [2.75, 3.05) is 18.1 Å². The average Bonchev–Trinajstić information content (AvgIpc) is 2.99. The zero-order chi connectivity index (χ0) is 20.5. The van der Waals surface area contributed by atoms with E-state index in [1.165, 1.54) is 30.0 Å². The van der Waals surface area contributed by atoms with Crippen molar-refractivity contribution in [1.82, 2.24) is 4.90 Å². The van der Waals surface area contributed by atoms with Crippen molar-refractivity contribution in [3.8, 4) is 5.75 Å². The molecule has 0 spiro atoms. The molecule has 2 aromatic carbocycles. The van der Waals surface area contributed by atoms with Crippen molar-refractivity contribution in [2.45, 2.75) is 24.3 Å². The van der Waals surface area contributed by atoms with Crippen LogP contribution in [0.1, 0.15) is 24.9 Å². The molecule has 148 valence electrons. The van der Waals surface area contributed by atoms with Crippen LogP contribution in [0.3, 0.4) is 0 Å². The highest BCUT2D eigenvalue weighted by molar-refractivity contribution is 7.91. The standard InChI is InChI=1S/C20H22N2O5S/c1-3-28(26,27)14-9-10-17(23)16(11-14)21-20(25)15-12-18(24)22(2)19(15)13-7-5-4-6-8-13/h4-11,15,19,23H,3,12H2,1-2H3,(H,21,25)/t15-,19-/m1/s1. The lowest BCUT2D eigenvalue weighted by molar-refractivity contribution is -0.127. The summed E-state index contributed by atoms with van der Waals surface area (Å²) in [4.78, 5) is 26.7. The highest BCUT2D eigenvalue weighted by Gasteiger charge is 2.42. The third kappa shape index (κ3) is 3.73. The van der Waals surface area contributed by atoms with Crippen molar-refractivity contribution in [3.63, 3.8) is 0 Å². The van der Waals surface area contributed by atoms with Gasteiger partial charge >= 0.3 is 0 Å². The van der Waals surface area contributed by atoms with E-state index in [1.54, 1.807) is 7.05 Å². The molecule has 0 saturated carbocycles. The van der Waals surface area contributed by atoms with Crippen LogP contribution >= 0.6 is 0 Å². The van der Waals surface area contributed by atoms with Crippen LogP contribution < -0.4 is 5.32 Å². The maximum absolute atomic E-state index is 12.9. The number of phenolic OH excluding ortho intramolecular Hbond substituents is 1. The average molecular weight is 402 g/mol. The number of sulfone groups is 1. The van der Waals surface area contributed by atoms with E-state index < -0.39 is 27.7 Å². The molecule has 1 aliphatic rings. The molecule has 7 nitrogen and oxygen atoms in total. The first-order valence-electron chi connectivity index (χ1n) is 8.92. The summed E-state index contributed by atoms with van der Waals surface area (Å²) in [6.07, 6.45) is 0.0373. The molecule has 0 radical (unpaired) electrons. The summed E-state index contributed by atoms with van der Waals surface area (Å²) in [7, 11) is -1.84. The minimum absolute atomic E-state index is 0.00772. The molecule has 2 N–H and O–H groups in total. The Morgan fingerprint density at radius 3 is 2.54 bits per heavy atom. The highest BCUT2D eigenvalue weighted by atomic mass is 32.2. The van der Waals surface area contributed by atoms with Gasteiger partial charge < -0.3 is 15.3 Å². The second-order valence-electron chi connectivity index (χ2n) is 6.74. The number of carbonyl (C=O) groups excluding carboxylic acids is 2. The Kier molecular flexibility index (Phi) is 5.42. The molecule has 8 heteroatoms. The van der Waals surface area contributed by atoms with Crippen molar-refractivity contribution in [2.24, 2.45) is 5.92 Å². The van der Waals surface area contributed by atoms with Crippen LogP contribution in [0.25, 0.3) is 0 Å². The first-order valence-corrected chi connectivity index (χ1v) is 10.6. The van der Waals surface area contributed by atoms with Crippen LogP contribution in [0.2, 0.25) is 0 Å². The predicted molar refractivity (Wildman–Crippen MR) is 105 cm³/mol. The van der Waals surface area contributed by atoms with Crippen molar-refractivity contribution >= 4 is 27.3 Å². The Morgan fingerprint density at radius 2 is 1.89 bits per heavy atom. The zero-order valence-corrected chi connectivity index (χ0v) is 16.4. The van der Waals surface area contributed by atoms with E-state index in [0.29, 0.717) is 0 Å². The smallest absolute Gasteiger partial charge is 0.230 e. The van der Waals surface area contributed by atoms with E-state index in [1.807, 2.05) is 30.3 Å². The van der Waals surface area contributed by atoms with E-state index in [2.05, 4.69) is 5.32 Å². The molecule has 0 unspecified atom stereocenters. The van der Waals surface area contributed by atoms with Crippen LogP contribution in [0, 0.1) is 5.92 Å². The molecule has 1 aliphatic heterocycles. The summed E-state index contributed by atoms with van der Waals surface area (Å²) < 4.78 is 24.2. The molecule has 28 heavy (non-hydrogen) atoms. The van der Waals surface area contributed by atoms with Crippen LogP contribution in [0.5, 0.6) is 5.75 Å². The number of amides is 2. The van der Waals surface area contributed by atoms with Gasteiger partial charge in [0.15, 0.2) is 9.84 Å². The summed E-state index contributed by atoms with van der Waals surface area (Å²) >= 11 is 0. The summed E-state index contributed by atoms with van der Waals surface area (Å²) in [5.74, 6) is -1.60. The Balaban J connectivity index is 1.90. The van der Waals surface area contributed by atoms with Crippen LogP contribution in [-0.4, -0.2) is 43.0 Å². The SMILES string of the molecule is CCS(=O)(=O)c1ccc(O)c(NC(=O)[C@@H]2CC(=O)N(C)[C@@H]2c2ccccc2)c1. The maximum atomic E-state index is 12.9. The van der Waals surface area contributed by atoms with Gasteiger partial charge in [-0.2, -0.15) is 0 Å². The fourth-order valence-corrected chi connectivity index (χ4v) is 4.32. The number of phenols is 1. The number of benzene rings is 2. The predicted octanol–water partition coefficient (Wildman–Crippen LogP) is 2.34. The Labute approximate surface area is 163 Å². The van der Waals surface area contributed by atoms with E-state index in [0.717, 1.165) is 5.56 Å². The highest BCUT2D eigenvalue weighted by Crippen LogP contribution is 2.38.